The number of aryl methyl sites for hydroxylation is 2. The Kier molecular flexibility index (Phi) is 3.71. The van der Waals surface area contributed by atoms with Gasteiger partial charge in [0.2, 0.25) is 0 Å². The number of hydrogen-bond donors (Lipinski definition) is 0. The van der Waals surface area contributed by atoms with E-state index in [9.17, 15) is 9.59 Å². The molecule has 3 aromatic carbocycles. The predicted octanol–water partition coefficient (Wildman–Crippen LogP) is 4.72. The van der Waals surface area contributed by atoms with Crippen LogP contribution in [0.3, 0.4) is 0 Å². The van der Waals surface area contributed by atoms with E-state index < -0.39 is 0 Å². The summed E-state index contributed by atoms with van der Waals surface area (Å²) >= 11 is 0. The Morgan fingerprint density at radius 3 is 1.39 bits per heavy atom. The largest absolute Gasteiger partial charge is 0.343 e. The molecule has 0 aliphatic heterocycles. The fourth-order valence-corrected chi connectivity index (χ4v) is 3.96. The third-order valence-corrected chi connectivity index (χ3v) is 5.35. The summed E-state index contributed by atoms with van der Waals surface area (Å²) < 4.78 is 16.5. The zero-order chi connectivity index (χ0) is 21.4. The van der Waals surface area contributed by atoms with Gasteiger partial charge in [-0.05, 0) is 36.4 Å². The van der Waals surface area contributed by atoms with Crippen LogP contribution < -0.4 is 10.9 Å². The van der Waals surface area contributed by atoms with Crippen molar-refractivity contribution in [1.82, 2.24) is 9.13 Å². The minimum absolute atomic E-state index is 0.00351. The highest BCUT2D eigenvalue weighted by atomic mass is 16.1. The lowest BCUT2D eigenvalue weighted by molar-refractivity contribution is 0.994. The van der Waals surface area contributed by atoms with Crippen LogP contribution in [0, 0.1) is 0 Å². The second-order valence-corrected chi connectivity index (χ2v) is 6.70. The molecule has 0 radical (unpaired) electrons. The second kappa shape index (κ2) is 6.64. The molecule has 5 rings (SSSR count). The normalized spacial score (nSPS) is 12.1. The van der Waals surface area contributed by atoms with Crippen molar-refractivity contribution in [3.05, 3.63) is 81.1 Å². The molecule has 0 N–H and O–H groups in total. The lowest BCUT2D eigenvalue weighted by Crippen LogP contribution is -2.13. The second-order valence-electron chi connectivity index (χ2n) is 6.70. The maximum atomic E-state index is 13.0. The molecule has 140 valence electrons. The minimum atomic E-state index is -0.00351. The van der Waals surface area contributed by atoms with E-state index in [1.54, 1.807) is 0 Å². The van der Waals surface area contributed by atoms with E-state index in [0.29, 0.717) is 21.5 Å². The Labute approximate surface area is 165 Å². The van der Waals surface area contributed by atoms with Crippen LogP contribution in [-0.2, 0) is 14.1 Å². The van der Waals surface area contributed by atoms with E-state index in [2.05, 4.69) is 0 Å². The van der Waals surface area contributed by atoms with Crippen molar-refractivity contribution in [2.75, 3.05) is 0 Å². The van der Waals surface area contributed by atoms with Gasteiger partial charge in [-0.1, -0.05) is 38.1 Å². The fourth-order valence-electron chi connectivity index (χ4n) is 3.96. The molecule has 0 aliphatic carbocycles. The van der Waals surface area contributed by atoms with Gasteiger partial charge in [-0.2, -0.15) is 0 Å². The molecule has 0 saturated heterocycles. The van der Waals surface area contributed by atoms with Crippen LogP contribution in [-0.4, -0.2) is 9.13 Å². The van der Waals surface area contributed by atoms with Gasteiger partial charge in [0, 0.05) is 38.4 Å². The summed E-state index contributed by atoms with van der Waals surface area (Å²) in [6.45, 7) is 0.472. The molecule has 0 spiro atoms. The summed E-state index contributed by atoms with van der Waals surface area (Å²) in [7, 11) is 3.86. The van der Waals surface area contributed by atoms with Crippen molar-refractivity contribution in [3.8, 4) is 0 Å². The molecule has 0 unspecified atom stereocenters. The summed E-state index contributed by atoms with van der Waals surface area (Å²) in [4.78, 5) is 26.1. The molecule has 0 amide bonds. The van der Waals surface area contributed by atoms with E-state index in [0.717, 1.165) is 22.1 Å². The minimum Gasteiger partial charge on any atom is -0.343 e. The lowest BCUT2D eigenvalue weighted by Gasteiger charge is -2.14. The summed E-state index contributed by atoms with van der Waals surface area (Å²) in [5.41, 5.74) is 3.26. The van der Waals surface area contributed by atoms with Gasteiger partial charge in [0.05, 0.1) is 22.1 Å². The van der Waals surface area contributed by atoms with Crippen molar-refractivity contribution in [2.45, 2.75) is 13.8 Å². The van der Waals surface area contributed by atoms with Crippen LogP contribution >= 0.6 is 0 Å². The Bertz CT molecular complexity index is 1420. The number of fused-ring (bicyclic) bond motifs is 4. The zero-order valence-corrected chi connectivity index (χ0v) is 15.9. The lowest BCUT2D eigenvalue weighted by atomic mass is 10.0. The number of benzene rings is 3. The molecular weight excluding hydrogens is 348 g/mol. The molecule has 4 nitrogen and oxygen atoms in total. The molecule has 28 heavy (non-hydrogen) atoms. The van der Waals surface area contributed by atoms with E-state index in [-0.39, 0.29) is 24.7 Å². The molecular formula is C24H22N2O2. The standard InChI is InChI=1S/C22H16N2O2.C2H6/c1-23-17-9-5-3-7-13(17)21(25)15-12-20-16(11-19(15)23)22(26)14-8-4-6-10-18(14)24(20)2;1-2/h3-12H,1-2H3;1-2H3/i;1D,2D. The molecule has 0 fully saturated rings. The van der Waals surface area contributed by atoms with E-state index in [1.807, 2.05) is 83.9 Å². The van der Waals surface area contributed by atoms with Crippen molar-refractivity contribution in [2.24, 2.45) is 14.1 Å². The first kappa shape index (κ1) is 15.6. The number of pyridine rings is 2. The van der Waals surface area contributed by atoms with Crippen molar-refractivity contribution in [3.63, 3.8) is 0 Å². The van der Waals surface area contributed by atoms with Gasteiger partial charge in [0.25, 0.3) is 0 Å². The molecule has 0 aliphatic rings. The zero-order valence-electron chi connectivity index (χ0n) is 17.9. The summed E-state index contributed by atoms with van der Waals surface area (Å²) in [5, 5.41) is 2.63. The third kappa shape index (κ3) is 2.38. The third-order valence-electron chi connectivity index (χ3n) is 5.35. The van der Waals surface area contributed by atoms with Gasteiger partial charge in [-0.25, -0.2) is 0 Å². The van der Waals surface area contributed by atoms with Gasteiger partial charge in [-0.15, -0.1) is 0 Å². The number of nitrogens with zero attached hydrogens (tertiary/aromatic N) is 2. The number of aromatic nitrogens is 2. The van der Waals surface area contributed by atoms with Crippen LogP contribution in [0.25, 0.3) is 43.6 Å². The van der Waals surface area contributed by atoms with Crippen LogP contribution in [0.5, 0.6) is 0 Å². The Hall–Kier alpha value is -3.40. The first-order chi connectivity index (χ1) is 14.5. The van der Waals surface area contributed by atoms with E-state index in [1.165, 1.54) is 0 Å². The van der Waals surface area contributed by atoms with E-state index in [4.69, 9.17) is 2.74 Å². The number of hydrogen-bond acceptors (Lipinski definition) is 2. The smallest absolute Gasteiger partial charge is 0.197 e. The predicted molar refractivity (Wildman–Crippen MR) is 118 cm³/mol. The number of rotatable bonds is 0. The fraction of sp³-hybridized carbons (Fsp3) is 0.167. The Morgan fingerprint density at radius 1 is 0.607 bits per heavy atom. The van der Waals surface area contributed by atoms with Gasteiger partial charge >= 0.3 is 0 Å². The summed E-state index contributed by atoms with van der Waals surface area (Å²) in [5.74, 6) is 0. The Balaban J connectivity index is 0.000000503. The maximum Gasteiger partial charge on any atom is 0.197 e. The Morgan fingerprint density at radius 2 is 1.00 bits per heavy atom. The summed E-state index contributed by atoms with van der Waals surface area (Å²) in [6.07, 6.45) is 0. The molecule has 4 heteroatoms. The van der Waals surface area contributed by atoms with Crippen LogP contribution in [0.2, 0.25) is 0 Å². The van der Waals surface area contributed by atoms with Gasteiger partial charge in [0.1, 0.15) is 0 Å². The van der Waals surface area contributed by atoms with Crippen LogP contribution in [0.15, 0.2) is 70.3 Å². The summed E-state index contributed by atoms with van der Waals surface area (Å²) in [6, 6.07) is 18.8. The first-order valence-corrected chi connectivity index (χ1v) is 9.01. The molecule has 0 saturated carbocycles. The number of para-hydroxylation sites is 2. The topological polar surface area (TPSA) is 44.0 Å². The monoisotopic (exact) mass is 372 g/mol. The van der Waals surface area contributed by atoms with Gasteiger partial charge in [-0.3, -0.25) is 9.59 Å². The van der Waals surface area contributed by atoms with Crippen molar-refractivity contribution < 1.29 is 2.74 Å². The highest BCUT2D eigenvalue weighted by Gasteiger charge is 2.14. The highest BCUT2D eigenvalue weighted by molar-refractivity contribution is 6.03. The first-order valence-electron chi connectivity index (χ1n) is 10.4. The molecule has 5 aromatic rings. The maximum absolute atomic E-state index is 13.0. The van der Waals surface area contributed by atoms with Crippen molar-refractivity contribution in [1.29, 1.82) is 0 Å². The van der Waals surface area contributed by atoms with Crippen molar-refractivity contribution >= 4 is 43.6 Å². The average molecular weight is 372 g/mol. The molecule has 2 heterocycles. The highest BCUT2D eigenvalue weighted by Crippen LogP contribution is 2.24. The quantitative estimate of drug-likeness (QED) is 0.369. The van der Waals surface area contributed by atoms with Crippen LogP contribution in [0.4, 0.5) is 0 Å². The molecule has 2 aromatic heterocycles. The van der Waals surface area contributed by atoms with Crippen LogP contribution in [0.1, 0.15) is 16.5 Å². The molecule has 0 atom stereocenters. The van der Waals surface area contributed by atoms with E-state index >= 15 is 0 Å². The average Bonchev–Trinajstić information content (AvgIpc) is 2.80. The van der Waals surface area contributed by atoms with Gasteiger partial charge in [0.15, 0.2) is 10.9 Å². The molecule has 0 bridgehead atoms. The SMILES string of the molecule is Cn1c2ccccc2c(=O)c2cc3c(cc21)c(=O)c1ccccc1n3C.[2H]CC[2H]. The van der Waals surface area contributed by atoms with Gasteiger partial charge < -0.3 is 9.13 Å².